The van der Waals surface area contributed by atoms with Crippen LogP contribution < -0.4 is 0 Å². The zero-order valence-electron chi connectivity index (χ0n) is 7.19. The van der Waals surface area contributed by atoms with E-state index < -0.39 is 0 Å². The number of quaternary nitrogens is 1. The van der Waals surface area contributed by atoms with Gasteiger partial charge in [-0.25, -0.2) is 5.21 Å². The van der Waals surface area contributed by atoms with E-state index in [1.54, 1.807) is 7.05 Å². The first-order chi connectivity index (χ1) is 5.02. The second kappa shape index (κ2) is 4.43. The zero-order valence-corrected chi connectivity index (χ0v) is 7.19. The normalized spacial score (nSPS) is 18.9. The summed E-state index contributed by atoms with van der Waals surface area (Å²) in [5, 5.41) is 18.1. The van der Waals surface area contributed by atoms with Crippen molar-refractivity contribution in [2.45, 2.75) is 13.0 Å². The number of likely N-dealkylation sites (N-methyl/N-ethyl adjacent to an activating group) is 1. The molecule has 0 aromatic rings. The monoisotopic (exact) mass is 161 g/mol. The molecule has 0 saturated heterocycles. The van der Waals surface area contributed by atoms with E-state index in [4.69, 9.17) is 5.11 Å². The Bertz CT molecular complexity index is 126. The van der Waals surface area contributed by atoms with Gasteiger partial charge in [-0.2, -0.15) is 4.65 Å². The Kier molecular flexibility index (Phi) is 4.25. The molecule has 2 unspecified atom stereocenters. The number of aliphatic hydroxyl groups excluding tert-OH is 1. The molecule has 0 aliphatic heterocycles. The number of hydrogen-bond donors (Lipinski definition) is 2. The highest BCUT2D eigenvalue weighted by atomic mass is 16.5. The molecule has 2 N–H and O–H groups in total. The first kappa shape index (κ1) is 10.6. The molecule has 2 atom stereocenters. The lowest BCUT2D eigenvalue weighted by Gasteiger charge is -2.25. The molecule has 0 heterocycles. The Labute approximate surface area is 67.3 Å². The van der Waals surface area contributed by atoms with Crippen molar-refractivity contribution in [3.8, 4) is 0 Å². The summed E-state index contributed by atoms with van der Waals surface area (Å²) in [6.45, 7) is 6.05. The predicted molar refractivity (Wildman–Crippen MR) is 43.8 cm³/mol. The van der Waals surface area contributed by atoms with Crippen molar-refractivity contribution in [1.82, 2.24) is 0 Å². The molecule has 11 heavy (non-hydrogen) atoms. The summed E-state index contributed by atoms with van der Waals surface area (Å²) < 4.78 is -0.198. The predicted octanol–water partition coefficient (Wildman–Crippen LogP) is -0.0964. The van der Waals surface area contributed by atoms with E-state index in [1.807, 2.05) is 6.92 Å². The van der Waals surface area contributed by atoms with Crippen molar-refractivity contribution in [3.63, 3.8) is 0 Å². The van der Waals surface area contributed by atoms with Crippen molar-refractivity contribution in [3.05, 3.63) is 0 Å². The number of aliphatic hydroxyl groups is 1. The van der Waals surface area contributed by atoms with E-state index in [2.05, 4.69) is 11.7 Å². The van der Waals surface area contributed by atoms with Gasteiger partial charge < -0.3 is 5.11 Å². The van der Waals surface area contributed by atoms with Crippen LogP contribution in [0.4, 0.5) is 0 Å². The van der Waals surface area contributed by atoms with Crippen LogP contribution >= 0.6 is 0 Å². The van der Waals surface area contributed by atoms with Crippen molar-refractivity contribution in [1.29, 1.82) is 0 Å². The third-order valence-electron chi connectivity index (χ3n) is 1.55. The van der Waals surface area contributed by atoms with Gasteiger partial charge >= 0.3 is 0 Å². The number of hydrogen-bond acceptors (Lipinski definition) is 3. The van der Waals surface area contributed by atoms with Gasteiger partial charge in [0.2, 0.25) is 0 Å². The van der Waals surface area contributed by atoms with Gasteiger partial charge in [-0.05, 0) is 13.6 Å². The van der Waals surface area contributed by atoms with Gasteiger partial charge in [-0.3, -0.25) is 4.99 Å². The average Bonchev–Trinajstić information content (AvgIpc) is 1.86. The third kappa shape index (κ3) is 4.89. The lowest BCUT2D eigenvalue weighted by molar-refractivity contribution is -1.09. The smallest absolute Gasteiger partial charge is 0.132 e. The Morgan fingerprint density at radius 1 is 1.64 bits per heavy atom. The van der Waals surface area contributed by atoms with Crippen LogP contribution in [0, 0.1) is 0 Å². The van der Waals surface area contributed by atoms with Crippen LogP contribution in [0.1, 0.15) is 6.92 Å². The molecule has 4 heteroatoms. The lowest BCUT2D eigenvalue weighted by atomic mass is 10.3. The summed E-state index contributed by atoms with van der Waals surface area (Å²) in [6.07, 6.45) is 0. The number of nitrogens with zero attached hydrogens (tertiary/aromatic N) is 2. The van der Waals surface area contributed by atoms with Crippen LogP contribution in [0.25, 0.3) is 0 Å². The van der Waals surface area contributed by atoms with Gasteiger partial charge in [-0.1, -0.05) is 0 Å². The van der Waals surface area contributed by atoms with Gasteiger partial charge in [0.25, 0.3) is 0 Å². The molecule has 66 valence electrons. The van der Waals surface area contributed by atoms with Gasteiger partial charge in [0.1, 0.15) is 13.1 Å². The SMILES string of the molecule is C=NC(C)C[N+](C)(O)CCO. The quantitative estimate of drug-likeness (QED) is 0.336. The van der Waals surface area contributed by atoms with Gasteiger partial charge in [0, 0.05) is 0 Å². The highest BCUT2D eigenvalue weighted by Gasteiger charge is 2.20. The topological polar surface area (TPSA) is 52.8 Å². The molecule has 0 aromatic carbocycles. The maximum Gasteiger partial charge on any atom is 0.132 e. The van der Waals surface area contributed by atoms with E-state index in [0.717, 1.165) is 0 Å². The average molecular weight is 161 g/mol. The van der Waals surface area contributed by atoms with Gasteiger partial charge in [0.15, 0.2) is 0 Å². The molecule has 0 radical (unpaired) electrons. The maximum atomic E-state index is 9.51. The zero-order chi connectivity index (χ0) is 8.91. The molecule has 0 spiro atoms. The van der Waals surface area contributed by atoms with E-state index in [1.165, 1.54) is 0 Å². The third-order valence-corrected chi connectivity index (χ3v) is 1.55. The van der Waals surface area contributed by atoms with Crippen LogP contribution in [0.15, 0.2) is 4.99 Å². The molecule has 0 amide bonds. The van der Waals surface area contributed by atoms with Gasteiger partial charge in [-0.15, -0.1) is 0 Å². The minimum absolute atomic E-state index is 0.0170. The molecule has 0 saturated carbocycles. The minimum Gasteiger partial charge on any atom is -0.390 e. The molecule has 0 rings (SSSR count). The van der Waals surface area contributed by atoms with Crippen LogP contribution in [-0.4, -0.2) is 54.5 Å². The second-order valence-electron chi connectivity index (χ2n) is 3.00. The summed E-state index contributed by atoms with van der Waals surface area (Å²) in [6, 6.07) is 0.0246. The summed E-state index contributed by atoms with van der Waals surface area (Å²) in [7, 11) is 1.64. The molecular formula is C7H17N2O2+. The molecule has 4 nitrogen and oxygen atoms in total. The van der Waals surface area contributed by atoms with Crippen LogP contribution in [-0.2, 0) is 0 Å². The van der Waals surface area contributed by atoms with Crippen LogP contribution in [0.3, 0.4) is 0 Å². The summed E-state index contributed by atoms with van der Waals surface area (Å²) >= 11 is 0. The fraction of sp³-hybridized carbons (Fsp3) is 0.857. The maximum absolute atomic E-state index is 9.51. The highest BCUT2D eigenvalue weighted by Crippen LogP contribution is 2.00. The molecular weight excluding hydrogens is 144 g/mol. The van der Waals surface area contributed by atoms with Crippen molar-refractivity contribution < 1.29 is 15.0 Å². The Hall–Kier alpha value is -0.450. The van der Waals surface area contributed by atoms with E-state index in [-0.39, 0.29) is 17.3 Å². The summed E-state index contributed by atoms with van der Waals surface area (Å²) in [4.78, 5) is 3.75. The highest BCUT2D eigenvalue weighted by molar-refractivity contribution is 5.23. The summed E-state index contributed by atoms with van der Waals surface area (Å²) in [5.74, 6) is 0. The van der Waals surface area contributed by atoms with E-state index >= 15 is 0 Å². The molecule has 0 aliphatic carbocycles. The number of hydroxylamine groups is 3. The van der Waals surface area contributed by atoms with Crippen LogP contribution in [0.2, 0.25) is 0 Å². The van der Waals surface area contributed by atoms with Gasteiger partial charge in [0.05, 0.1) is 19.7 Å². The molecule has 0 fully saturated rings. The molecule has 0 bridgehead atoms. The van der Waals surface area contributed by atoms with E-state index in [0.29, 0.717) is 13.1 Å². The first-order valence-corrected chi connectivity index (χ1v) is 3.66. The minimum atomic E-state index is -0.198. The fourth-order valence-electron chi connectivity index (χ4n) is 0.934. The number of aliphatic imine (C=N–C) groups is 1. The summed E-state index contributed by atoms with van der Waals surface area (Å²) in [5.41, 5.74) is 0. The van der Waals surface area contributed by atoms with Crippen molar-refractivity contribution in [2.24, 2.45) is 4.99 Å². The second-order valence-corrected chi connectivity index (χ2v) is 3.00. The fourth-order valence-corrected chi connectivity index (χ4v) is 0.934. The van der Waals surface area contributed by atoms with Crippen molar-refractivity contribution >= 4 is 6.72 Å². The Morgan fingerprint density at radius 3 is 2.55 bits per heavy atom. The first-order valence-electron chi connectivity index (χ1n) is 3.66. The Morgan fingerprint density at radius 2 is 2.18 bits per heavy atom. The number of rotatable bonds is 5. The van der Waals surface area contributed by atoms with Crippen molar-refractivity contribution in [2.75, 3.05) is 26.7 Å². The lowest BCUT2D eigenvalue weighted by Crippen LogP contribution is -2.46. The largest absolute Gasteiger partial charge is 0.390 e. The molecule has 0 aromatic heterocycles. The molecule has 0 aliphatic rings. The Balaban J connectivity index is 3.79. The van der Waals surface area contributed by atoms with E-state index in [9.17, 15) is 5.21 Å². The standard InChI is InChI=1S/C7H17N2O2/c1-7(8-2)6-9(3,11)4-5-10/h7,10-11H,2,4-6H2,1,3H3/q+1. The van der Waals surface area contributed by atoms with Crippen LogP contribution in [0.5, 0.6) is 0 Å².